The summed E-state index contributed by atoms with van der Waals surface area (Å²) in [6.45, 7) is 2.65. The summed E-state index contributed by atoms with van der Waals surface area (Å²) in [7, 11) is 4.86. The van der Waals surface area contributed by atoms with Crippen molar-refractivity contribution < 1.29 is 14.2 Å². The lowest BCUT2D eigenvalue weighted by molar-refractivity contribution is -0.119. The van der Waals surface area contributed by atoms with E-state index in [9.17, 15) is 0 Å². The van der Waals surface area contributed by atoms with Gasteiger partial charge in [-0.05, 0) is 13.0 Å². The normalized spacial score (nSPS) is 12.8. The van der Waals surface area contributed by atoms with Crippen molar-refractivity contribution in [2.45, 2.75) is 25.8 Å². The van der Waals surface area contributed by atoms with Gasteiger partial charge in [-0.15, -0.1) is 0 Å². The zero-order chi connectivity index (χ0) is 12.7. The van der Waals surface area contributed by atoms with Gasteiger partial charge in [0.05, 0.1) is 13.2 Å². The van der Waals surface area contributed by atoms with E-state index in [-0.39, 0.29) is 12.3 Å². The van der Waals surface area contributed by atoms with E-state index in [1.807, 2.05) is 19.1 Å². The molecule has 0 bridgehead atoms. The van der Waals surface area contributed by atoms with Gasteiger partial charge in [0.15, 0.2) is 6.29 Å². The van der Waals surface area contributed by atoms with Crippen LogP contribution < -0.4 is 10.1 Å². The Morgan fingerprint density at radius 1 is 1.29 bits per heavy atom. The molecular weight excluding hydrogens is 220 g/mol. The van der Waals surface area contributed by atoms with Crippen LogP contribution in [-0.2, 0) is 16.0 Å². The summed E-state index contributed by atoms with van der Waals surface area (Å²) >= 11 is 0. The van der Waals surface area contributed by atoms with Crippen molar-refractivity contribution >= 4 is 0 Å². The number of ether oxygens (including phenoxy) is 3. The van der Waals surface area contributed by atoms with E-state index < -0.39 is 0 Å². The highest BCUT2D eigenvalue weighted by Gasteiger charge is 2.15. The van der Waals surface area contributed by atoms with Gasteiger partial charge in [-0.3, -0.25) is 0 Å². The lowest BCUT2D eigenvalue weighted by Gasteiger charge is -2.22. The largest absolute Gasteiger partial charge is 0.481 e. The molecule has 17 heavy (non-hydrogen) atoms. The monoisotopic (exact) mass is 240 g/mol. The van der Waals surface area contributed by atoms with Crippen molar-refractivity contribution in [3.63, 3.8) is 0 Å². The maximum atomic E-state index is 5.18. The first-order valence-corrected chi connectivity index (χ1v) is 5.49. The first-order valence-electron chi connectivity index (χ1n) is 5.49. The summed E-state index contributed by atoms with van der Waals surface area (Å²) in [6, 6.07) is 3.93. The molecular formula is C12H20N2O3. The molecule has 0 aromatic carbocycles. The number of methoxy groups -OCH3 is 3. The summed E-state index contributed by atoms with van der Waals surface area (Å²) < 4.78 is 15.5. The van der Waals surface area contributed by atoms with Gasteiger partial charge in [-0.25, -0.2) is 4.98 Å². The first-order chi connectivity index (χ1) is 8.22. The Morgan fingerprint density at radius 2 is 2.00 bits per heavy atom. The number of nitrogens with one attached hydrogen (secondary N) is 1. The quantitative estimate of drug-likeness (QED) is 0.725. The minimum absolute atomic E-state index is 0.0786. The van der Waals surface area contributed by atoms with Crippen LogP contribution in [0, 0.1) is 0 Å². The molecule has 96 valence electrons. The summed E-state index contributed by atoms with van der Waals surface area (Å²) in [4.78, 5) is 4.14. The topological polar surface area (TPSA) is 52.6 Å². The number of hydrogen-bond donors (Lipinski definition) is 1. The SMILES string of the molecule is COc1ncccc1CNC(C)C(OC)OC. The van der Waals surface area contributed by atoms with Crippen LogP contribution in [0.25, 0.3) is 0 Å². The zero-order valence-electron chi connectivity index (χ0n) is 10.8. The summed E-state index contributed by atoms with van der Waals surface area (Å²) in [5.41, 5.74) is 1.01. The molecule has 1 N–H and O–H groups in total. The Kier molecular flexibility index (Phi) is 5.90. The molecule has 0 saturated heterocycles. The third-order valence-electron chi connectivity index (χ3n) is 2.53. The highest BCUT2D eigenvalue weighted by Crippen LogP contribution is 2.13. The van der Waals surface area contributed by atoms with Crippen LogP contribution >= 0.6 is 0 Å². The first kappa shape index (κ1) is 13.9. The molecule has 0 radical (unpaired) electrons. The Labute approximate surface area is 102 Å². The highest BCUT2D eigenvalue weighted by molar-refractivity contribution is 5.25. The van der Waals surface area contributed by atoms with Crippen LogP contribution in [0.1, 0.15) is 12.5 Å². The second-order valence-electron chi connectivity index (χ2n) is 3.68. The number of nitrogens with zero attached hydrogens (tertiary/aromatic N) is 1. The molecule has 1 unspecified atom stereocenters. The number of aromatic nitrogens is 1. The molecule has 0 fully saturated rings. The number of pyridine rings is 1. The molecule has 0 aliphatic carbocycles. The molecule has 0 spiro atoms. The van der Waals surface area contributed by atoms with Crippen LogP contribution in [0.3, 0.4) is 0 Å². The maximum absolute atomic E-state index is 5.18. The zero-order valence-corrected chi connectivity index (χ0v) is 10.8. The molecule has 0 saturated carbocycles. The third-order valence-corrected chi connectivity index (χ3v) is 2.53. The van der Waals surface area contributed by atoms with Crippen LogP contribution in [0.5, 0.6) is 5.88 Å². The Balaban J connectivity index is 2.54. The van der Waals surface area contributed by atoms with Gasteiger partial charge in [-0.1, -0.05) is 6.07 Å². The second kappa shape index (κ2) is 7.21. The predicted octanol–water partition coefficient (Wildman–Crippen LogP) is 1.19. The van der Waals surface area contributed by atoms with Crippen LogP contribution in [0.15, 0.2) is 18.3 Å². The van der Waals surface area contributed by atoms with Gasteiger partial charge in [0.2, 0.25) is 5.88 Å². The fraction of sp³-hybridized carbons (Fsp3) is 0.583. The number of hydrogen-bond acceptors (Lipinski definition) is 5. The van der Waals surface area contributed by atoms with E-state index in [0.717, 1.165) is 5.56 Å². The molecule has 1 atom stereocenters. The molecule has 0 amide bonds. The Hall–Kier alpha value is -1.17. The molecule has 1 aromatic rings. The van der Waals surface area contributed by atoms with Crippen molar-refractivity contribution in [1.29, 1.82) is 0 Å². The fourth-order valence-corrected chi connectivity index (χ4v) is 1.61. The minimum Gasteiger partial charge on any atom is -0.481 e. The number of rotatable bonds is 7. The summed E-state index contributed by atoms with van der Waals surface area (Å²) in [6.07, 6.45) is 1.44. The molecule has 5 heteroatoms. The van der Waals surface area contributed by atoms with Crippen LogP contribution in [0.2, 0.25) is 0 Å². The average Bonchev–Trinajstić information content (AvgIpc) is 2.38. The van der Waals surface area contributed by atoms with E-state index in [1.54, 1.807) is 27.5 Å². The fourth-order valence-electron chi connectivity index (χ4n) is 1.61. The van der Waals surface area contributed by atoms with E-state index in [1.165, 1.54) is 0 Å². The van der Waals surface area contributed by atoms with E-state index in [0.29, 0.717) is 12.4 Å². The smallest absolute Gasteiger partial charge is 0.217 e. The highest BCUT2D eigenvalue weighted by atomic mass is 16.7. The standard InChI is InChI=1S/C12H20N2O3/c1-9(12(16-3)17-4)14-8-10-6-5-7-13-11(10)15-2/h5-7,9,12,14H,8H2,1-4H3. The van der Waals surface area contributed by atoms with Crippen molar-refractivity contribution in [3.8, 4) is 5.88 Å². The Bertz CT molecular complexity index is 329. The molecule has 1 heterocycles. The molecule has 1 rings (SSSR count). The van der Waals surface area contributed by atoms with E-state index in [4.69, 9.17) is 14.2 Å². The van der Waals surface area contributed by atoms with Crippen molar-refractivity contribution in [2.24, 2.45) is 0 Å². The van der Waals surface area contributed by atoms with Crippen LogP contribution in [-0.4, -0.2) is 38.6 Å². The van der Waals surface area contributed by atoms with Gasteiger partial charge < -0.3 is 19.5 Å². The van der Waals surface area contributed by atoms with E-state index in [2.05, 4.69) is 10.3 Å². The lowest BCUT2D eigenvalue weighted by Crippen LogP contribution is -2.39. The van der Waals surface area contributed by atoms with Gasteiger partial charge in [0.1, 0.15) is 0 Å². The van der Waals surface area contributed by atoms with Crippen molar-refractivity contribution in [2.75, 3.05) is 21.3 Å². The van der Waals surface area contributed by atoms with E-state index >= 15 is 0 Å². The van der Waals surface area contributed by atoms with Crippen LogP contribution in [0.4, 0.5) is 0 Å². The summed E-state index contributed by atoms with van der Waals surface area (Å²) in [5, 5.41) is 3.31. The van der Waals surface area contributed by atoms with Gasteiger partial charge in [-0.2, -0.15) is 0 Å². The minimum atomic E-state index is -0.266. The third kappa shape index (κ3) is 3.96. The van der Waals surface area contributed by atoms with Crippen molar-refractivity contribution in [3.05, 3.63) is 23.9 Å². The molecule has 0 aliphatic heterocycles. The van der Waals surface area contributed by atoms with Crippen molar-refractivity contribution in [1.82, 2.24) is 10.3 Å². The maximum Gasteiger partial charge on any atom is 0.217 e. The van der Waals surface area contributed by atoms with Gasteiger partial charge >= 0.3 is 0 Å². The predicted molar refractivity (Wildman–Crippen MR) is 64.9 cm³/mol. The summed E-state index contributed by atoms with van der Waals surface area (Å²) in [5.74, 6) is 0.638. The molecule has 1 aromatic heterocycles. The molecule has 5 nitrogen and oxygen atoms in total. The molecule has 0 aliphatic rings. The van der Waals surface area contributed by atoms with Gasteiger partial charge in [0.25, 0.3) is 0 Å². The lowest BCUT2D eigenvalue weighted by atomic mass is 10.2. The Morgan fingerprint density at radius 3 is 2.59 bits per heavy atom. The second-order valence-corrected chi connectivity index (χ2v) is 3.68. The average molecular weight is 240 g/mol. The van der Waals surface area contributed by atoms with Gasteiger partial charge in [0, 0.05) is 32.5 Å².